The van der Waals surface area contributed by atoms with Gasteiger partial charge in [-0.15, -0.1) is 0 Å². The van der Waals surface area contributed by atoms with Gasteiger partial charge in [0.05, 0.1) is 29.7 Å². The summed E-state index contributed by atoms with van der Waals surface area (Å²) in [5.41, 5.74) is -1.37. The van der Waals surface area contributed by atoms with E-state index in [0.29, 0.717) is 5.69 Å². The van der Waals surface area contributed by atoms with Crippen molar-refractivity contribution in [3.05, 3.63) is 40.9 Å². The molecule has 2 bridgehead atoms. The topological polar surface area (TPSA) is 66.8 Å². The first kappa shape index (κ1) is 14.1. The van der Waals surface area contributed by atoms with Crippen LogP contribution in [0.15, 0.2) is 40.9 Å². The molecule has 3 aliphatic rings. The van der Waals surface area contributed by atoms with Crippen LogP contribution in [0.2, 0.25) is 0 Å². The van der Waals surface area contributed by atoms with E-state index in [-0.39, 0.29) is 18.4 Å². The zero-order chi connectivity index (χ0) is 15.7. The number of aliphatic hydroxyl groups is 1. The van der Waals surface area contributed by atoms with Gasteiger partial charge in [-0.05, 0) is 25.1 Å². The highest BCUT2D eigenvalue weighted by molar-refractivity contribution is 9.10. The lowest BCUT2D eigenvalue weighted by Crippen LogP contribution is -2.43. The van der Waals surface area contributed by atoms with Crippen molar-refractivity contribution >= 4 is 33.4 Å². The van der Waals surface area contributed by atoms with Gasteiger partial charge in [0.25, 0.3) is 0 Å². The average Bonchev–Trinajstić information content (AvgIpc) is 3.05. The normalized spacial score (nSPS) is 39.0. The van der Waals surface area contributed by atoms with Gasteiger partial charge in [-0.2, -0.15) is 0 Å². The summed E-state index contributed by atoms with van der Waals surface area (Å²) in [7, 11) is 0. The predicted octanol–water partition coefficient (Wildman–Crippen LogP) is 1.64. The van der Waals surface area contributed by atoms with Gasteiger partial charge in [0, 0.05) is 4.47 Å². The summed E-state index contributed by atoms with van der Waals surface area (Å²) in [5, 5.41) is 9.74. The van der Waals surface area contributed by atoms with Crippen molar-refractivity contribution in [1.29, 1.82) is 0 Å². The fourth-order valence-corrected chi connectivity index (χ4v) is 4.30. The number of halogens is 1. The Morgan fingerprint density at radius 3 is 2.68 bits per heavy atom. The van der Waals surface area contributed by atoms with E-state index in [9.17, 15) is 14.7 Å². The molecule has 6 heteroatoms. The molecule has 0 aromatic heterocycles. The Bertz CT molecular complexity index is 733. The van der Waals surface area contributed by atoms with E-state index in [0.717, 1.165) is 4.47 Å². The third kappa shape index (κ3) is 1.55. The lowest BCUT2D eigenvalue weighted by molar-refractivity contribution is -0.131. The van der Waals surface area contributed by atoms with E-state index < -0.39 is 23.0 Å². The van der Waals surface area contributed by atoms with E-state index in [2.05, 4.69) is 15.9 Å². The number of anilines is 1. The number of aliphatic hydroxyl groups excluding tert-OH is 1. The number of nitrogens with zero attached hydrogens (tertiary/aromatic N) is 1. The summed E-state index contributed by atoms with van der Waals surface area (Å²) in [5.74, 6) is -1.83. The first-order chi connectivity index (χ1) is 10.4. The number of imide groups is 1. The molecular formula is C16H14BrNO4. The highest BCUT2D eigenvalue weighted by Crippen LogP contribution is 2.57. The van der Waals surface area contributed by atoms with Crippen LogP contribution in [0.4, 0.5) is 5.69 Å². The number of hydrogen-bond acceptors (Lipinski definition) is 4. The van der Waals surface area contributed by atoms with E-state index in [1.165, 1.54) is 4.90 Å². The number of rotatable bonds is 2. The van der Waals surface area contributed by atoms with E-state index in [1.807, 2.05) is 6.07 Å². The Morgan fingerprint density at radius 2 is 2.00 bits per heavy atom. The largest absolute Gasteiger partial charge is 0.393 e. The minimum Gasteiger partial charge on any atom is -0.393 e. The van der Waals surface area contributed by atoms with Gasteiger partial charge < -0.3 is 9.84 Å². The molecule has 2 saturated heterocycles. The molecule has 1 aromatic rings. The second-order valence-electron chi connectivity index (χ2n) is 6.18. The number of carbonyl (C=O) groups is 2. The van der Waals surface area contributed by atoms with Gasteiger partial charge in [-0.3, -0.25) is 9.59 Å². The van der Waals surface area contributed by atoms with E-state index in [1.54, 1.807) is 37.3 Å². The van der Waals surface area contributed by atoms with Crippen molar-refractivity contribution in [1.82, 2.24) is 0 Å². The van der Waals surface area contributed by atoms with Crippen LogP contribution < -0.4 is 4.90 Å². The van der Waals surface area contributed by atoms with Crippen LogP contribution in [0.1, 0.15) is 6.92 Å². The zero-order valence-corrected chi connectivity index (χ0v) is 13.4. The van der Waals surface area contributed by atoms with Crippen LogP contribution in [0.3, 0.4) is 0 Å². The third-order valence-electron chi connectivity index (χ3n) is 4.87. The van der Waals surface area contributed by atoms with Crippen molar-refractivity contribution in [2.45, 2.75) is 18.1 Å². The van der Waals surface area contributed by atoms with Crippen LogP contribution in [0.5, 0.6) is 0 Å². The molecule has 114 valence electrons. The van der Waals surface area contributed by atoms with Crippen molar-refractivity contribution < 1.29 is 19.4 Å². The highest BCUT2D eigenvalue weighted by Gasteiger charge is 2.72. The van der Waals surface area contributed by atoms with Gasteiger partial charge >= 0.3 is 0 Å². The summed E-state index contributed by atoms with van der Waals surface area (Å²) in [6.07, 6.45) is 3.52. The standard InChI is InChI=1S/C16H14BrNO4/c1-15-5-6-16(8-19,22-15)12-11(15)13(20)18(14(12)21)10-4-2-3-9(17)7-10/h2-7,11-12,19H,8H2,1H3. The fourth-order valence-electron chi connectivity index (χ4n) is 3.91. The van der Waals surface area contributed by atoms with Crippen molar-refractivity contribution in [2.24, 2.45) is 11.8 Å². The molecule has 4 atom stereocenters. The third-order valence-corrected chi connectivity index (χ3v) is 5.36. The molecule has 4 unspecified atom stereocenters. The zero-order valence-electron chi connectivity index (χ0n) is 11.8. The molecule has 2 fully saturated rings. The molecule has 5 nitrogen and oxygen atoms in total. The van der Waals surface area contributed by atoms with Crippen LogP contribution >= 0.6 is 15.9 Å². The number of benzene rings is 1. The summed E-state index contributed by atoms with van der Waals surface area (Å²) in [6.45, 7) is 1.48. The van der Waals surface area contributed by atoms with E-state index >= 15 is 0 Å². The van der Waals surface area contributed by atoms with Gasteiger partial charge in [0.15, 0.2) is 0 Å². The molecule has 0 saturated carbocycles. The Kier molecular flexibility index (Phi) is 2.74. The molecule has 3 aliphatic heterocycles. The monoisotopic (exact) mass is 363 g/mol. The van der Waals surface area contributed by atoms with Crippen molar-refractivity contribution in [3.8, 4) is 0 Å². The van der Waals surface area contributed by atoms with Gasteiger partial charge in [0.2, 0.25) is 11.8 Å². The quantitative estimate of drug-likeness (QED) is 0.640. The summed E-state index contributed by atoms with van der Waals surface area (Å²) in [4.78, 5) is 26.9. The molecule has 4 rings (SSSR count). The molecule has 2 amide bonds. The van der Waals surface area contributed by atoms with Crippen molar-refractivity contribution in [3.63, 3.8) is 0 Å². The minimum atomic E-state index is -1.08. The van der Waals surface area contributed by atoms with Gasteiger partial charge in [-0.1, -0.05) is 34.1 Å². The lowest BCUT2D eigenvalue weighted by atomic mass is 9.73. The molecule has 22 heavy (non-hydrogen) atoms. The second-order valence-corrected chi connectivity index (χ2v) is 7.10. The van der Waals surface area contributed by atoms with Crippen LogP contribution in [-0.2, 0) is 14.3 Å². The molecule has 0 spiro atoms. The van der Waals surface area contributed by atoms with Gasteiger partial charge in [0.1, 0.15) is 5.60 Å². The Morgan fingerprint density at radius 1 is 1.27 bits per heavy atom. The Labute approximate surface area is 135 Å². The SMILES string of the molecule is CC12C=CC(CO)(O1)C1C(=O)N(c3cccc(Br)c3)C(=O)C12. The molecular weight excluding hydrogens is 350 g/mol. The Hall–Kier alpha value is -1.50. The maximum atomic E-state index is 12.9. The van der Waals surface area contributed by atoms with Crippen LogP contribution in [0, 0.1) is 11.8 Å². The van der Waals surface area contributed by atoms with E-state index in [4.69, 9.17) is 4.74 Å². The average molecular weight is 364 g/mol. The van der Waals surface area contributed by atoms with Crippen LogP contribution in [0.25, 0.3) is 0 Å². The number of carbonyl (C=O) groups excluding carboxylic acids is 2. The maximum absolute atomic E-state index is 12.9. The van der Waals surface area contributed by atoms with Gasteiger partial charge in [-0.25, -0.2) is 4.90 Å². The highest BCUT2D eigenvalue weighted by atomic mass is 79.9. The molecule has 1 aromatic carbocycles. The second kappa shape index (κ2) is 4.28. The number of amides is 2. The lowest BCUT2D eigenvalue weighted by Gasteiger charge is -2.27. The molecule has 0 aliphatic carbocycles. The maximum Gasteiger partial charge on any atom is 0.241 e. The smallest absolute Gasteiger partial charge is 0.241 e. The molecule has 0 radical (unpaired) electrons. The number of fused-ring (bicyclic) bond motifs is 5. The fraction of sp³-hybridized carbons (Fsp3) is 0.375. The first-order valence-electron chi connectivity index (χ1n) is 7.07. The number of ether oxygens (including phenoxy) is 1. The molecule has 1 N–H and O–H groups in total. The first-order valence-corrected chi connectivity index (χ1v) is 7.86. The molecule has 3 heterocycles. The summed E-state index contributed by atoms with van der Waals surface area (Å²) in [6, 6.07) is 7.08. The predicted molar refractivity (Wildman–Crippen MR) is 82.1 cm³/mol. The Balaban J connectivity index is 1.82. The minimum absolute atomic E-state index is 0.268. The summed E-state index contributed by atoms with van der Waals surface area (Å²) >= 11 is 3.35. The van der Waals surface area contributed by atoms with Crippen LogP contribution in [-0.4, -0.2) is 34.7 Å². The number of hydrogen-bond donors (Lipinski definition) is 1. The summed E-state index contributed by atoms with van der Waals surface area (Å²) < 4.78 is 6.67. The van der Waals surface area contributed by atoms with Crippen molar-refractivity contribution in [2.75, 3.05) is 11.5 Å².